The molecule has 2 aromatic carbocycles. The lowest BCUT2D eigenvalue weighted by Gasteiger charge is -2.05. The normalized spacial score (nSPS) is 10.7. The van der Waals surface area contributed by atoms with Crippen molar-refractivity contribution in [1.29, 1.82) is 0 Å². The summed E-state index contributed by atoms with van der Waals surface area (Å²) in [5.74, 6) is -0.197. The zero-order valence-electron chi connectivity index (χ0n) is 17.1. The molecule has 1 N–H and O–H groups in total. The number of anilines is 1. The fraction of sp³-hybridized carbons (Fsp3) is 0.292. The van der Waals surface area contributed by atoms with Crippen LogP contribution < -0.4 is 5.32 Å². The van der Waals surface area contributed by atoms with Crippen LogP contribution in [0.3, 0.4) is 0 Å². The number of aryl methyl sites for hydroxylation is 3. The van der Waals surface area contributed by atoms with Gasteiger partial charge in [0.1, 0.15) is 0 Å². The summed E-state index contributed by atoms with van der Waals surface area (Å²) in [6.07, 6.45) is 2.27. The lowest BCUT2D eigenvalue weighted by Crippen LogP contribution is -2.13. The third-order valence-corrected chi connectivity index (χ3v) is 5.91. The van der Waals surface area contributed by atoms with E-state index in [1.807, 2.05) is 62.4 Å². The van der Waals surface area contributed by atoms with E-state index in [1.165, 1.54) is 16.2 Å². The Morgan fingerprint density at radius 1 is 1.00 bits per heavy atom. The second-order valence-electron chi connectivity index (χ2n) is 7.18. The molecule has 3 aromatic rings. The quantitative estimate of drug-likeness (QED) is 0.468. The molecule has 0 fully saturated rings. The number of hydrogen-bond donors (Lipinski definition) is 1. The first-order chi connectivity index (χ1) is 14.0. The largest absolute Gasteiger partial charge is 0.302 e. The van der Waals surface area contributed by atoms with Gasteiger partial charge >= 0.3 is 0 Å². The number of rotatable bonds is 8. The van der Waals surface area contributed by atoms with Crippen LogP contribution in [-0.2, 0) is 11.2 Å². The van der Waals surface area contributed by atoms with E-state index in [-0.39, 0.29) is 24.5 Å². The van der Waals surface area contributed by atoms with Gasteiger partial charge in [0.05, 0.1) is 5.69 Å². The average Bonchev–Trinajstić information content (AvgIpc) is 3.11. The number of carbonyl (C=O) groups excluding carboxylic acids is 2. The fourth-order valence-electron chi connectivity index (χ4n) is 3.09. The van der Waals surface area contributed by atoms with Crippen LogP contribution in [-0.4, -0.2) is 16.7 Å². The van der Waals surface area contributed by atoms with E-state index < -0.39 is 0 Å². The number of Topliss-reactive ketones (excluding diaryl/α,β-unsaturated/α-hetero) is 1. The topological polar surface area (TPSA) is 59.1 Å². The summed E-state index contributed by atoms with van der Waals surface area (Å²) in [7, 11) is 0. The van der Waals surface area contributed by atoms with Crippen LogP contribution in [0.15, 0.2) is 48.5 Å². The molecule has 5 heteroatoms. The van der Waals surface area contributed by atoms with Gasteiger partial charge in [-0.2, -0.15) is 0 Å². The fourth-order valence-corrected chi connectivity index (χ4v) is 4.19. The standard InChI is InChI=1S/C24H26N2O2S/c1-4-8-21-23(18-9-6-5-7-10-18)26-24(29-21)25-22(28)14-13-20(27)19-12-11-16(2)17(3)15-19/h5-7,9-12,15H,4,8,13-14H2,1-3H3,(H,25,26,28). The summed E-state index contributed by atoms with van der Waals surface area (Å²) in [6, 6.07) is 15.7. The first-order valence-corrected chi connectivity index (χ1v) is 10.7. The Labute approximate surface area is 176 Å². The van der Waals surface area contributed by atoms with Crippen LogP contribution in [0.5, 0.6) is 0 Å². The lowest BCUT2D eigenvalue weighted by atomic mass is 10.0. The number of amides is 1. The minimum absolute atomic E-state index is 0.0148. The van der Waals surface area contributed by atoms with Crippen LogP contribution in [0, 0.1) is 13.8 Å². The maximum Gasteiger partial charge on any atom is 0.226 e. The van der Waals surface area contributed by atoms with E-state index in [9.17, 15) is 9.59 Å². The molecule has 0 aliphatic heterocycles. The van der Waals surface area contributed by atoms with E-state index >= 15 is 0 Å². The van der Waals surface area contributed by atoms with E-state index in [1.54, 1.807) is 0 Å². The zero-order chi connectivity index (χ0) is 20.8. The van der Waals surface area contributed by atoms with Gasteiger partial charge in [0.2, 0.25) is 5.91 Å². The SMILES string of the molecule is CCCc1sc(NC(=O)CCC(=O)c2ccc(C)c(C)c2)nc1-c1ccccc1. The number of nitrogens with zero attached hydrogens (tertiary/aromatic N) is 1. The van der Waals surface area contributed by atoms with Crippen LogP contribution >= 0.6 is 11.3 Å². The molecule has 0 saturated heterocycles. The number of hydrogen-bond acceptors (Lipinski definition) is 4. The molecule has 4 nitrogen and oxygen atoms in total. The van der Waals surface area contributed by atoms with Gasteiger partial charge in [-0.15, -0.1) is 11.3 Å². The molecular formula is C24H26N2O2S. The maximum atomic E-state index is 12.4. The first-order valence-electron chi connectivity index (χ1n) is 9.93. The third-order valence-electron chi connectivity index (χ3n) is 4.88. The van der Waals surface area contributed by atoms with Gasteiger partial charge in [-0.1, -0.05) is 55.8 Å². The van der Waals surface area contributed by atoms with E-state index in [2.05, 4.69) is 17.2 Å². The molecule has 29 heavy (non-hydrogen) atoms. The van der Waals surface area contributed by atoms with Crippen molar-refractivity contribution < 1.29 is 9.59 Å². The van der Waals surface area contributed by atoms with E-state index in [4.69, 9.17) is 0 Å². The molecule has 0 aliphatic carbocycles. The molecule has 0 radical (unpaired) electrons. The molecule has 0 bridgehead atoms. The monoisotopic (exact) mass is 406 g/mol. The Bertz CT molecular complexity index is 1010. The highest BCUT2D eigenvalue weighted by atomic mass is 32.1. The molecule has 0 unspecified atom stereocenters. The first kappa shape index (κ1) is 20.9. The predicted octanol–water partition coefficient (Wildman–Crippen LogP) is 5.98. The van der Waals surface area contributed by atoms with Crippen LogP contribution in [0.1, 0.15) is 52.5 Å². The van der Waals surface area contributed by atoms with Crippen molar-refractivity contribution in [2.24, 2.45) is 0 Å². The smallest absolute Gasteiger partial charge is 0.226 e. The highest BCUT2D eigenvalue weighted by Crippen LogP contribution is 2.32. The van der Waals surface area contributed by atoms with Gasteiger partial charge < -0.3 is 5.32 Å². The Hall–Kier alpha value is -2.79. The molecule has 150 valence electrons. The Balaban J connectivity index is 1.64. The lowest BCUT2D eigenvalue weighted by molar-refractivity contribution is -0.116. The maximum absolute atomic E-state index is 12.4. The summed E-state index contributed by atoms with van der Waals surface area (Å²) in [5, 5.41) is 3.47. The van der Waals surface area contributed by atoms with Crippen molar-refractivity contribution in [1.82, 2.24) is 4.98 Å². The zero-order valence-corrected chi connectivity index (χ0v) is 17.9. The van der Waals surface area contributed by atoms with Crippen molar-refractivity contribution in [3.63, 3.8) is 0 Å². The van der Waals surface area contributed by atoms with Gasteiger partial charge in [0.25, 0.3) is 0 Å². The van der Waals surface area contributed by atoms with Crippen molar-refractivity contribution in [3.05, 3.63) is 70.1 Å². The van der Waals surface area contributed by atoms with Gasteiger partial charge in [-0.25, -0.2) is 4.98 Å². The minimum atomic E-state index is -0.182. The average molecular weight is 407 g/mol. The predicted molar refractivity (Wildman–Crippen MR) is 120 cm³/mol. The van der Waals surface area contributed by atoms with Crippen molar-refractivity contribution >= 4 is 28.2 Å². The van der Waals surface area contributed by atoms with Crippen molar-refractivity contribution in [2.45, 2.75) is 46.5 Å². The highest BCUT2D eigenvalue weighted by molar-refractivity contribution is 7.16. The number of thiazole rings is 1. The highest BCUT2D eigenvalue weighted by Gasteiger charge is 2.15. The summed E-state index contributed by atoms with van der Waals surface area (Å²) in [5.41, 5.74) is 4.88. The van der Waals surface area contributed by atoms with Gasteiger partial charge in [0.15, 0.2) is 10.9 Å². The molecule has 0 aliphatic rings. The second kappa shape index (κ2) is 9.61. The Kier molecular flexibility index (Phi) is 6.94. The number of carbonyl (C=O) groups is 2. The summed E-state index contributed by atoms with van der Waals surface area (Å²) in [6.45, 7) is 6.13. The summed E-state index contributed by atoms with van der Waals surface area (Å²) >= 11 is 1.51. The van der Waals surface area contributed by atoms with E-state index in [0.29, 0.717) is 10.7 Å². The molecule has 0 saturated carbocycles. The Morgan fingerprint density at radius 3 is 2.45 bits per heavy atom. The van der Waals surface area contributed by atoms with Crippen molar-refractivity contribution in [3.8, 4) is 11.3 Å². The molecule has 1 heterocycles. The molecular weight excluding hydrogens is 380 g/mol. The third kappa shape index (κ3) is 5.39. The van der Waals surface area contributed by atoms with Crippen LogP contribution in [0.4, 0.5) is 5.13 Å². The van der Waals surface area contributed by atoms with Crippen LogP contribution in [0.25, 0.3) is 11.3 Å². The van der Waals surface area contributed by atoms with E-state index in [0.717, 1.165) is 35.2 Å². The molecule has 0 spiro atoms. The second-order valence-corrected chi connectivity index (χ2v) is 8.26. The number of nitrogens with one attached hydrogen (secondary N) is 1. The van der Waals surface area contributed by atoms with Crippen LogP contribution in [0.2, 0.25) is 0 Å². The molecule has 1 aromatic heterocycles. The molecule has 1 amide bonds. The molecule has 0 atom stereocenters. The van der Waals surface area contributed by atoms with Gasteiger partial charge in [-0.3, -0.25) is 9.59 Å². The minimum Gasteiger partial charge on any atom is -0.302 e. The van der Waals surface area contributed by atoms with Gasteiger partial charge in [0, 0.05) is 28.8 Å². The Morgan fingerprint density at radius 2 is 1.76 bits per heavy atom. The number of aromatic nitrogens is 1. The molecule has 3 rings (SSSR count). The number of benzene rings is 2. The van der Waals surface area contributed by atoms with Crippen molar-refractivity contribution in [2.75, 3.05) is 5.32 Å². The summed E-state index contributed by atoms with van der Waals surface area (Å²) < 4.78 is 0. The summed E-state index contributed by atoms with van der Waals surface area (Å²) in [4.78, 5) is 30.6. The van der Waals surface area contributed by atoms with Gasteiger partial charge in [-0.05, 0) is 37.5 Å². The number of ketones is 1.